The highest BCUT2D eigenvalue weighted by Gasteiger charge is 2.19. The Morgan fingerprint density at radius 3 is 2.65 bits per heavy atom. The molecule has 1 aliphatic carbocycles. The van der Waals surface area contributed by atoms with Crippen molar-refractivity contribution in [2.45, 2.75) is 46.1 Å². The zero-order valence-corrected chi connectivity index (χ0v) is 15.7. The molecule has 2 N–H and O–H groups in total. The molecule has 0 bridgehead atoms. The smallest absolute Gasteiger partial charge is 0.191 e. The fourth-order valence-electron chi connectivity index (χ4n) is 2.00. The van der Waals surface area contributed by atoms with Crippen LogP contribution < -0.4 is 10.6 Å². The van der Waals surface area contributed by atoms with Crippen LogP contribution in [0.3, 0.4) is 0 Å². The van der Waals surface area contributed by atoms with Gasteiger partial charge in [-0.05, 0) is 32.6 Å². The van der Waals surface area contributed by atoms with E-state index in [1.54, 1.807) is 11.3 Å². The summed E-state index contributed by atoms with van der Waals surface area (Å²) >= 11 is 1.75. The summed E-state index contributed by atoms with van der Waals surface area (Å²) in [6.45, 7) is 5.93. The number of aryl methyl sites for hydroxylation is 2. The van der Waals surface area contributed by atoms with E-state index in [4.69, 9.17) is 0 Å². The van der Waals surface area contributed by atoms with Crippen LogP contribution in [0.2, 0.25) is 0 Å². The van der Waals surface area contributed by atoms with E-state index in [0.717, 1.165) is 35.7 Å². The maximum Gasteiger partial charge on any atom is 0.191 e. The Hall–Kier alpha value is -0.370. The van der Waals surface area contributed by atoms with Gasteiger partial charge in [-0.15, -0.1) is 35.3 Å². The van der Waals surface area contributed by atoms with Crippen molar-refractivity contribution < 1.29 is 0 Å². The molecule has 6 heteroatoms. The minimum atomic E-state index is 0. The van der Waals surface area contributed by atoms with E-state index in [1.807, 2.05) is 7.05 Å². The van der Waals surface area contributed by atoms with Gasteiger partial charge >= 0.3 is 0 Å². The Morgan fingerprint density at radius 1 is 1.35 bits per heavy atom. The lowest BCUT2D eigenvalue weighted by atomic mass is 10.2. The predicted octanol–water partition coefficient (Wildman–Crippen LogP) is 3.23. The van der Waals surface area contributed by atoms with Crippen molar-refractivity contribution in [2.24, 2.45) is 10.9 Å². The van der Waals surface area contributed by atoms with Gasteiger partial charge in [0.25, 0.3) is 0 Å². The van der Waals surface area contributed by atoms with Gasteiger partial charge in [0.15, 0.2) is 5.96 Å². The van der Waals surface area contributed by atoms with Crippen LogP contribution in [0.15, 0.2) is 4.99 Å². The zero-order chi connectivity index (χ0) is 13.7. The molecule has 20 heavy (non-hydrogen) atoms. The zero-order valence-electron chi connectivity index (χ0n) is 12.5. The number of hydrogen-bond acceptors (Lipinski definition) is 3. The number of thiazole rings is 1. The van der Waals surface area contributed by atoms with Crippen molar-refractivity contribution in [1.29, 1.82) is 0 Å². The van der Waals surface area contributed by atoms with Gasteiger partial charge in [-0.1, -0.05) is 12.8 Å². The number of rotatable bonds is 6. The first-order chi connectivity index (χ1) is 9.19. The summed E-state index contributed by atoms with van der Waals surface area (Å²) in [4.78, 5) is 10.0. The molecule has 1 aromatic rings. The third-order valence-electron chi connectivity index (χ3n) is 3.48. The lowest BCUT2D eigenvalue weighted by Gasteiger charge is -2.10. The first-order valence-electron chi connectivity index (χ1n) is 7.06. The largest absolute Gasteiger partial charge is 0.356 e. The highest BCUT2D eigenvalue weighted by atomic mass is 127. The van der Waals surface area contributed by atoms with E-state index in [0.29, 0.717) is 0 Å². The van der Waals surface area contributed by atoms with E-state index in [9.17, 15) is 0 Å². The van der Waals surface area contributed by atoms with Crippen LogP contribution in [0, 0.1) is 19.8 Å². The lowest BCUT2D eigenvalue weighted by Crippen LogP contribution is -2.37. The fourth-order valence-corrected chi connectivity index (χ4v) is 2.87. The Balaban J connectivity index is 0.00000200. The standard InChI is InChI=1S/C14H24N4S.HI/c1-10-11(2)19-13(18-10)9-17-14(15-3)16-8-4-5-12-6-7-12;/h12H,4-9H2,1-3H3,(H2,15,16,17);1H. The Morgan fingerprint density at radius 2 is 2.10 bits per heavy atom. The van der Waals surface area contributed by atoms with Crippen LogP contribution in [0.25, 0.3) is 0 Å². The van der Waals surface area contributed by atoms with Crippen molar-refractivity contribution in [3.63, 3.8) is 0 Å². The van der Waals surface area contributed by atoms with E-state index in [2.05, 4.69) is 34.5 Å². The average molecular weight is 408 g/mol. The summed E-state index contributed by atoms with van der Waals surface area (Å²) in [7, 11) is 1.81. The topological polar surface area (TPSA) is 49.3 Å². The van der Waals surface area contributed by atoms with Crippen LogP contribution in [0.1, 0.15) is 41.3 Å². The number of aromatic nitrogens is 1. The molecule has 114 valence electrons. The second-order valence-electron chi connectivity index (χ2n) is 5.19. The number of nitrogens with one attached hydrogen (secondary N) is 2. The first kappa shape index (κ1) is 17.7. The van der Waals surface area contributed by atoms with E-state index in [-0.39, 0.29) is 24.0 Å². The maximum atomic E-state index is 4.52. The molecular formula is C14H25IN4S. The predicted molar refractivity (Wildman–Crippen MR) is 97.2 cm³/mol. The molecule has 0 saturated heterocycles. The van der Waals surface area contributed by atoms with Gasteiger partial charge in [0.2, 0.25) is 0 Å². The molecule has 1 aromatic heterocycles. The summed E-state index contributed by atoms with van der Waals surface area (Å²) in [5.74, 6) is 1.89. The summed E-state index contributed by atoms with van der Waals surface area (Å²) in [6, 6.07) is 0. The highest BCUT2D eigenvalue weighted by Crippen LogP contribution is 2.33. The van der Waals surface area contributed by atoms with Crippen LogP contribution in [-0.4, -0.2) is 24.5 Å². The Kier molecular flexibility index (Phi) is 7.79. The second kappa shape index (κ2) is 8.81. The van der Waals surface area contributed by atoms with Gasteiger partial charge in [-0.25, -0.2) is 4.98 Å². The van der Waals surface area contributed by atoms with Crippen molar-refractivity contribution in [3.05, 3.63) is 15.6 Å². The monoisotopic (exact) mass is 408 g/mol. The van der Waals surface area contributed by atoms with Gasteiger partial charge < -0.3 is 10.6 Å². The van der Waals surface area contributed by atoms with Gasteiger partial charge in [0.05, 0.1) is 12.2 Å². The van der Waals surface area contributed by atoms with Crippen molar-refractivity contribution >= 4 is 41.3 Å². The molecule has 1 aliphatic rings. The molecule has 0 radical (unpaired) electrons. The highest BCUT2D eigenvalue weighted by molar-refractivity contribution is 14.0. The van der Waals surface area contributed by atoms with Gasteiger partial charge in [-0.3, -0.25) is 4.99 Å². The first-order valence-corrected chi connectivity index (χ1v) is 7.88. The molecule has 4 nitrogen and oxygen atoms in total. The van der Waals surface area contributed by atoms with Crippen LogP contribution in [0.4, 0.5) is 0 Å². The molecule has 0 aliphatic heterocycles. The van der Waals surface area contributed by atoms with Crippen LogP contribution in [0.5, 0.6) is 0 Å². The summed E-state index contributed by atoms with van der Waals surface area (Å²) < 4.78 is 0. The summed E-state index contributed by atoms with van der Waals surface area (Å²) in [6.07, 6.45) is 5.47. The number of hydrogen-bond donors (Lipinski definition) is 2. The summed E-state index contributed by atoms with van der Waals surface area (Å²) in [5, 5.41) is 7.80. The number of aliphatic imine (C=N–C) groups is 1. The molecule has 0 atom stereocenters. The minimum absolute atomic E-state index is 0. The molecule has 1 saturated carbocycles. The number of halogens is 1. The molecule has 0 aromatic carbocycles. The molecule has 0 amide bonds. The molecule has 1 heterocycles. The maximum absolute atomic E-state index is 4.52. The van der Waals surface area contributed by atoms with E-state index in [1.165, 1.54) is 30.6 Å². The fraction of sp³-hybridized carbons (Fsp3) is 0.714. The Bertz CT molecular complexity index is 421. The van der Waals surface area contributed by atoms with Gasteiger partial charge in [0.1, 0.15) is 5.01 Å². The van der Waals surface area contributed by atoms with Gasteiger partial charge in [0, 0.05) is 18.5 Å². The number of guanidine groups is 1. The number of nitrogens with zero attached hydrogens (tertiary/aromatic N) is 2. The van der Waals surface area contributed by atoms with Crippen LogP contribution in [-0.2, 0) is 6.54 Å². The third kappa shape index (κ3) is 5.95. The quantitative estimate of drug-likeness (QED) is 0.329. The van der Waals surface area contributed by atoms with Gasteiger partial charge in [-0.2, -0.15) is 0 Å². The van der Waals surface area contributed by atoms with Crippen molar-refractivity contribution in [2.75, 3.05) is 13.6 Å². The Labute approximate surface area is 142 Å². The van der Waals surface area contributed by atoms with Crippen LogP contribution >= 0.6 is 35.3 Å². The molecular weight excluding hydrogens is 383 g/mol. The lowest BCUT2D eigenvalue weighted by molar-refractivity contribution is 0.644. The van der Waals surface area contributed by atoms with Crippen molar-refractivity contribution in [3.8, 4) is 0 Å². The SMILES string of the molecule is CN=C(NCCCC1CC1)NCc1nc(C)c(C)s1.I. The van der Waals surface area contributed by atoms with Crippen molar-refractivity contribution in [1.82, 2.24) is 15.6 Å². The summed E-state index contributed by atoms with van der Waals surface area (Å²) in [5.41, 5.74) is 1.13. The normalized spacial score (nSPS) is 14.8. The molecule has 0 unspecified atom stereocenters. The average Bonchev–Trinajstić information content (AvgIpc) is 3.16. The third-order valence-corrected chi connectivity index (χ3v) is 4.55. The second-order valence-corrected chi connectivity index (χ2v) is 6.48. The molecule has 2 rings (SSSR count). The van der Waals surface area contributed by atoms with E-state index >= 15 is 0 Å². The molecule has 1 fully saturated rings. The molecule has 0 spiro atoms. The minimum Gasteiger partial charge on any atom is -0.356 e. The van der Waals surface area contributed by atoms with E-state index < -0.39 is 0 Å².